The fourth-order valence-corrected chi connectivity index (χ4v) is 2.52. The predicted octanol–water partition coefficient (Wildman–Crippen LogP) is 2.87. The van der Waals surface area contributed by atoms with Crippen molar-refractivity contribution >= 4 is 11.3 Å². The fourth-order valence-electron chi connectivity index (χ4n) is 1.55. The van der Waals surface area contributed by atoms with E-state index >= 15 is 0 Å². The van der Waals surface area contributed by atoms with Crippen molar-refractivity contribution in [2.75, 3.05) is 20.6 Å². The van der Waals surface area contributed by atoms with Gasteiger partial charge >= 0.3 is 0 Å². The molecule has 4 heteroatoms. The molecule has 1 atom stereocenters. The highest BCUT2D eigenvalue weighted by atomic mass is 32.1. The van der Waals surface area contributed by atoms with E-state index in [9.17, 15) is 0 Å². The number of thiazole rings is 1. The molecule has 0 radical (unpaired) electrons. The lowest BCUT2D eigenvalue weighted by molar-refractivity contribution is 0.365. The Kier molecular flexibility index (Phi) is 5.76. The molecule has 0 aliphatic carbocycles. The van der Waals surface area contributed by atoms with E-state index in [4.69, 9.17) is 4.98 Å². The number of nitrogens with one attached hydrogen (secondary N) is 1. The van der Waals surface area contributed by atoms with Crippen LogP contribution in [-0.4, -0.2) is 36.6 Å². The van der Waals surface area contributed by atoms with Gasteiger partial charge in [-0.3, -0.25) is 0 Å². The highest BCUT2D eigenvalue weighted by Crippen LogP contribution is 2.23. The maximum atomic E-state index is 4.69. The van der Waals surface area contributed by atoms with Gasteiger partial charge in [0.25, 0.3) is 0 Å². The second-order valence-corrected chi connectivity index (χ2v) is 7.19. The van der Waals surface area contributed by atoms with Gasteiger partial charge in [-0.15, -0.1) is 11.3 Å². The van der Waals surface area contributed by atoms with Gasteiger partial charge in [-0.1, -0.05) is 20.8 Å². The van der Waals surface area contributed by atoms with Crippen molar-refractivity contribution in [2.45, 2.75) is 52.1 Å². The summed E-state index contributed by atoms with van der Waals surface area (Å²) in [7, 11) is 4.23. The molecule has 1 aromatic heterocycles. The Bertz CT molecular complexity index is 352. The van der Waals surface area contributed by atoms with E-state index in [0.717, 1.165) is 13.1 Å². The molecule has 1 rings (SSSR count). The molecule has 1 N–H and O–H groups in total. The third-order valence-electron chi connectivity index (χ3n) is 2.93. The second-order valence-electron chi connectivity index (χ2n) is 6.25. The van der Waals surface area contributed by atoms with Gasteiger partial charge in [0.15, 0.2) is 0 Å². The molecule has 3 nitrogen and oxygen atoms in total. The van der Waals surface area contributed by atoms with Crippen molar-refractivity contribution in [1.29, 1.82) is 0 Å². The van der Waals surface area contributed by atoms with Crippen molar-refractivity contribution < 1.29 is 0 Å². The molecule has 0 aliphatic rings. The van der Waals surface area contributed by atoms with Gasteiger partial charge in [-0.25, -0.2) is 4.98 Å². The lowest BCUT2D eigenvalue weighted by Gasteiger charge is -2.16. The first-order chi connectivity index (χ1) is 8.29. The van der Waals surface area contributed by atoms with E-state index in [2.05, 4.69) is 57.4 Å². The smallest absolute Gasteiger partial charge is 0.107 e. The lowest BCUT2D eigenvalue weighted by atomic mass is 9.93. The summed E-state index contributed by atoms with van der Waals surface area (Å²) in [4.78, 5) is 6.92. The Morgan fingerprint density at radius 2 is 2.06 bits per heavy atom. The minimum atomic E-state index is 0.158. The van der Waals surface area contributed by atoms with Gasteiger partial charge in [0, 0.05) is 23.4 Å². The maximum Gasteiger partial charge on any atom is 0.107 e. The van der Waals surface area contributed by atoms with Crippen molar-refractivity contribution in [1.82, 2.24) is 15.2 Å². The van der Waals surface area contributed by atoms with Crippen LogP contribution in [0.25, 0.3) is 0 Å². The van der Waals surface area contributed by atoms with E-state index in [-0.39, 0.29) is 5.41 Å². The topological polar surface area (TPSA) is 28.2 Å². The zero-order valence-electron chi connectivity index (χ0n) is 12.6. The molecule has 104 valence electrons. The second kappa shape index (κ2) is 6.64. The Morgan fingerprint density at radius 3 is 2.56 bits per heavy atom. The summed E-state index contributed by atoms with van der Waals surface area (Å²) in [5.41, 5.74) is 1.36. The van der Waals surface area contributed by atoms with Crippen LogP contribution in [0.4, 0.5) is 0 Å². The molecule has 0 unspecified atom stereocenters. The van der Waals surface area contributed by atoms with Crippen molar-refractivity contribution in [3.05, 3.63) is 16.1 Å². The Labute approximate surface area is 116 Å². The first kappa shape index (κ1) is 15.6. The van der Waals surface area contributed by atoms with Crippen LogP contribution in [0, 0.1) is 0 Å². The SMILES string of the molecule is C[C@H](CCN(C)C)NCc1nc(C(C)(C)C)cs1. The molecule has 0 spiro atoms. The summed E-state index contributed by atoms with van der Waals surface area (Å²) in [5, 5.41) is 6.91. The third-order valence-corrected chi connectivity index (χ3v) is 3.78. The monoisotopic (exact) mass is 269 g/mol. The zero-order chi connectivity index (χ0) is 13.8. The highest BCUT2D eigenvalue weighted by Gasteiger charge is 2.17. The molecule has 1 heterocycles. The Morgan fingerprint density at radius 1 is 1.39 bits per heavy atom. The van der Waals surface area contributed by atoms with Crippen LogP contribution < -0.4 is 5.32 Å². The largest absolute Gasteiger partial charge is 0.309 e. The minimum absolute atomic E-state index is 0.158. The van der Waals surface area contributed by atoms with E-state index < -0.39 is 0 Å². The van der Waals surface area contributed by atoms with E-state index in [1.807, 2.05) is 0 Å². The molecule has 0 aromatic carbocycles. The maximum absolute atomic E-state index is 4.69. The van der Waals surface area contributed by atoms with E-state index in [1.165, 1.54) is 17.1 Å². The van der Waals surface area contributed by atoms with Gasteiger partial charge in [-0.2, -0.15) is 0 Å². The Hall–Kier alpha value is -0.450. The quantitative estimate of drug-likeness (QED) is 0.861. The van der Waals surface area contributed by atoms with E-state index in [0.29, 0.717) is 6.04 Å². The van der Waals surface area contributed by atoms with Crippen LogP contribution in [0.1, 0.15) is 44.8 Å². The fraction of sp³-hybridized carbons (Fsp3) is 0.786. The molecule has 0 amide bonds. The van der Waals surface area contributed by atoms with Gasteiger partial charge < -0.3 is 10.2 Å². The summed E-state index contributed by atoms with van der Waals surface area (Å²) in [6.07, 6.45) is 1.17. The molecule has 0 aliphatic heterocycles. The van der Waals surface area contributed by atoms with Crippen molar-refractivity contribution in [3.8, 4) is 0 Å². The standard InChI is InChI=1S/C14H27N3S/c1-11(7-8-17(5)6)15-9-13-16-12(10-18-13)14(2,3)4/h10-11,15H,7-9H2,1-6H3/t11-/m1/s1. The van der Waals surface area contributed by atoms with Gasteiger partial charge in [0.2, 0.25) is 0 Å². The van der Waals surface area contributed by atoms with Crippen LogP contribution in [0.15, 0.2) is 5.38 Å². The number of hydrogen-bond acceptors (Lipinski definition) is 4. The van der Waals surface area contributed by atoms with E-state index in [1.54, 1.807) is 11.3 Å². The normalized spacial score (nSPS) is 14.2. The van der Waals surface area contributed by atoms with Gasteiger partial charge in [0.05, 0.1) is 5.69 Å². The molecule has 0 saturated heterocycles. The number of hydrogen-bond donors (Lipinski definition) is 1. The average molecular weight is 269 g/mol. The van der Waals surface area contributed by atoms with Crippen molar-refractivity contribution in [3.63, 3.8) is 0 Å². The average Bonchev–Trinajstić information content (AvgIpc) is 2.71. The van der Waals surface area contributed by atoms with Crippen LogP contribution in [-0.2, 0) is 12.0 Å². The highest BCUT2D eigenvalue weighted by molar-refractivity contribution is 7.09. The Balaban J connectivity index is 2.37. The summed E-state index contributed by atoms with van der Waals surface area (Å²) in [5.74, 6) is 0. The summed E-state index contributed by atoms with van der Waals surface area (Å²) in [6.45, 7) is 10.9. The molecule has 18 heavy (non-hydrogen) atoms. The number of nitrogens with zero attached hydrogens (tertiary/aromatic N) is 2. The lowest BCUT2D eigenvalue weighted by Crippen LogP contribution is -2.29. The van der Waals surface area contributed by atoms with Crippen LogP contribution >= 0.6 is 11.3 Å². The molecule has 1 aromatic rings. The number of rotatable bonds is 6. The van der Waals surface area contributed by atoms with Crippen molar-refractivity contribution in [2.24, 2.45) is 0 Å². The van der Waals surface area contributed by atoms with Gasteiger partial charge in [0.1, 0.15) is 5.01 Å². The molecule has 0 saturated carbocycles. The zero-order valence-corrected chi connectivity index (χ0v) is 13.4. The molecular formula is C14H27N3S. The molecule has 0 bridgehead atoms. The van der Waals surface area contributed by atoms with Crippen LogP contribution in [0.5, 0.6) is 0 Å². The predicted molar refractivity (Wildman–Crippen MR) is 80.3 cm³/mol. The summed E-state index contributed by atoms with van der Waals surface area (Å²) < 4.78 is 0. The first-order valence-corrected chi connectivity index (χ1v) is 7.50. The minimum Gasteiger partial charge on any atom is -0.309 e. The van der Waals surface area contributed by atoms with Gasteiger partial charge in [-0.05, 0) is 34.0 Å². The molecular weight excluding hydrogens is 242 g/mol. The number of aromatic nitrogens is 1. The first-order valence-electron chi connectivity index (χ1n) is 6.62. The van der Waals surface area contributed by atoms with Crippen LogP contribution in [0.3, 0.4) is 0 Å². The molecule has 0 fully saturated rings. The summed E-state index contributed by atoms with van der Waals surface area (Å²) >= 11 is 1.76. The summed E-state index contributed by atoms with van der Waals surface area (Å²) in [6, 6.07) is 0.536. The van der Waals surface area contributed by atoms with Crippen LogP contribution in [0.2, 0.25) is 0 Å². The third kappa shape index (κ3) is 5.46.